The molecule has 168 valence electrons. The van der Waals surface area contributed by atoms with Crippen LogP contribution in [0.2, 0.25) is 0 Å². The monoisotopic (exact) mass is 442 g/mol. The number of nitrogens with zero attached hydrogens (tertiary/aromatic N) is 4. The molecule has 0 bridgehead atoms. The summed E-state index contributed by atoms with van der Waals surface area (Å²) in [7, 11) is 3.30. The first kappa shape index (κ1) is 20.9. The number of anilines is 1. The van der Waals surface area contributed by atoms with E-state index in [1.165, 1.54) is 0 Å². The SMILES string of the molecule is COc1cc(OC)cc(N2CCN(C(=O)c3c4ccccc4nn3-c3ccccc3)CC2)c1. The van der Waals surface area contributed by atoms with Crippen LogP contribution in [0.25, 0.3) is 16.6 Å². The van der Waals surface area contributed by atoms with E-state index in [1.54, 1.807) is 18.9 Å². The van der Waals surface area contributed by atoms with Crippen molar-refractivity contribution in [1.29, 1.82) is 0 Å². The van der Waals surface area contributed by atoms with Crippen molar-refractivity contribution in [3.8, 4) is 17.2 Å². The predicted molar refractivity (Wildman–Crippen MR) is 129 cm³/mol. The minimum Gasteiger partial charge on any atom is -0.497 e. The van der Waals surface area contributed by atoms with Gasteiger partial charge in [0.1, 0.15) is 17.2 Å². The Morgan fingerprint density at radius 2 is 1.42 bits per heavy atom. The van der Waals surface area contributed by atoms with Gasteiger partial charge in [-0.05, 0) is 18.2 Å². The largest absolute Gasteiger partial charge is 0.497 e. The summed E-state index contributed by atoms with van der Waals surface area (Å²) in [5, 5.41) is 5.60. The minimum atomic E-state index is -0.00424. The predicted octanol–water partition coefficient (Wildman–Crippen LogP) is 4.01. The number of aromatic nitrogens is 2. The zero-order chi connectivity index (χ0) is 22.8. The van der Waals surface area contributed by atoms with Gasteiger partial charge in [0.05, 0.1) is 25.4 Å². The summed E-state index contributed by atoms with van der Waals surface area (Å²) in [6.45, 7) is 2.68. The highest BCUT2D eigenvalue weighted by Crippen LogP contribution is 2.30. The third-order valence-electron chi connectivity index (χ3n) is 6.05. The molecule has 1 aliphatic heterocycles. The summed E-state index contributed by atoms with van der Waals surface area (Å²) in [6, 6.07) is 23.5. The maximum absolute atomic E-state index is 13.7. The number of ether oxygens (including phenoxy) is 2. The Balaban J connectivity index is 1.41. The molecular formula is C26H26N4O3. The Hall–Kier alpha value is -4.00. The van der Waals surface area contributed by atoms with Crippen molar-refractivity contribution in [2.75, 3.05) is 45.3 Å². The van der Waals surface area contributed by atoms with E-state index in [4.69, 9.17) is 14.6 Å². The van der Waals surface area contributed by atoms with Gasteiger partial charge in [-0.25, -0.2) is 4.68 Å². The Labute approximate surface area is 192 Å². The first-order valence-electron chi connectivity index (χ1n) is 11.0. The van der Waals surface area contributed by atoms with E-state index < -0.39 is 0 Å². The molecule has 0 saturated carbocycles. The molecule has 2 heterocycles. The van der Waals surface area contributed by atoms with Gasteiger partial charge in [-0.1, -0.05) is 36.4 Å². The molecule has 1 aliphatic rings. The van der Waals surface area contributed by atoms with Crippen LogP contribution < -0.4 is 14.4 Å². The molecule has 0 spiro atoms. The van der Waals surface area contributed by atoms with Gasteiger partial charge >= 0.3 is 0 Å². The van der Waals surface area contributed by atoms with E-state index in [1.807, 2.05) is 77.7 Å². The number of hydrogen-bond donors (Lipinski definition) is 0. The quantitative estimate of drug-likeness (QED) is 0.468. The number of para-hydroxylation sites is 1. The molecule has 7 heteroatoms. The summed E-state index contributed by atoms with van der Waals surface area (Å²) in [4.78, 5) is 17.9. The fourth-order valence-electron chi connectivity index (χ4n) is 4.29. The van der Waals surface area contributed by atoms with Crippen LogP contribution in [0.15, 0.2) is 72.8 Å². The van der Waals surface area contributed by atoms with Crippen LogP contribution in [0.5, 0.6) is 11.5 Å². The maximum atomic E-state index is 13.7. The number of rotatable bonds is 5. The van der Waals surface area contributed by atoms with Crippen LogP contribution in [0.1, 0.15) is 10.5 Å². The molecule has 0 aliphatic carbocycles. The van der Waals surface area contributed by atoms with Gasteiger partial charge in [-0.2, -0.15) is 5.10 Å². The van der Waals surface area contributed by atoms with Crippen LogP contribution in [0.4, 0.5) is 5.69 Å². The topological polar surface area (TPSA) is 59.8 Å². The number of methoxy groups -OCH3 is 2. The van der Waals surface area contributed by atoms with E-state index in [2.05, 4.69) is 4.90 Å². The average molecular weight is 443 g/mol. The van der Waals surface area contributed by atoms with E-state index >= 15 is 0 Å². The molecule has 0 N–H and O–H groups in total. The number of carbonyl (C=O) groups excluding carboxylic acids is 1. The van der Waals surface area contributed by atoms with Crippen molar-refractivity contribution >= 4 is 22.5 Å². The van der Waals surface area contributed by atoms with E-state index in [-0.39, 0.29) is 5.91 Å². The fraction of sp³-hybridized carbons (Fsp3) is 0.231. The third kappa shape index (κ3) is 3.98. The summed E-state index contributed by atoms with van der Waals surface area (Å²) in [5.41, 5.74) is 3.32. The summed E-state index contributed by atoms with van der Waals surface area (Å²) in [5.74, 6) is 1.50. The third-order valence-corrected chi connectivity index (χ3v) is 6.05. The summed E-state index contributed by atoms with van der Waals surface area (Å²) in [6.07, 6.45) is 0. The van der Waals surface area contributed by atoms with Gasteiger partial charge in [0.25, 0.3) is 5.91 Å². The average Bonchev–Trinajstić information content (AvgIpc) is 3.28. The van der Waals surface area contributed by atoms with Crippen LogP contribution >= 0.6 is 0 Å². The van der Waals surface area contributed by atoms with Crippen LogP contribution in [-0.2, 0) is 0 Å². The van der Waals surface area contributed by atoms with Gasteiger partial charge in [-0.3, -0.25) is 4.79 Å². The number of amides is 1. The van der Waals surface area contributed by atoms with Gasteiger partial charge in [0.2, 0.25) is 0 Å². The number of carbonyl (C=O) groups is 1. The Morgan fingerprint density at radius 1 is 0.788 bits per heavy atom. The van der Waals surface area contributed by atoms with Crippen LogP contribution in [0.3, 0.4) is 0 Å². The van der Waals surface area contributed by atoms with Crippen molar-refractivity contribution in [2.45, 2.75) is 0 Å². The number of piperazine rings is 1. The lowest BCUT2D eigenvalue weighted by Crippen LogP contribution is -2.49. The standard InChI is InChI=1S/C26H26N4O3/c1-32-21-16-20(17-22(18-21)33-2)28-12-14-29(15-13-28)26(31)25-23-10-6-7-11-24(23)27-30(25)19-8-4-3-5-9-19/h3-11,16-18H,12-15H2,1-2H3. The lowest BCUT2D eigenvalue weighted by Gasteiger charge is -2.36. The Bertz CT molecular complexity index is 1260. The van der Waals surface area contributed by atoms with Crippen molar-refractivity contribution in [3.05, 3.63) is 78.5 Å². The second kappa shape index (κ2) is 8.86. The number of fused-ring (bicyclic) bond motifs is 1. The maximum Gasteiger partial charge on any atom is 0.273 e. The van der Waals surface area contributed by atoms with Crippen LogP contribution in [-0.4, -0.2) is 61.0 Å². The van der Waals surface area contributed by atoms with Crippen LogP contribution in [0, 0.1) is 0 Å². The molecule has 0 unspecified atom stereocenters. The summed E-state index contributed by atoms with van der Waals surface area (Å²) >= 11 is 0. The van der Waals surface area contributed by atoms with E-state index in [9.17, 15) is 4.79 Å². The molecular weight excluding hydrogens is 416 g/mol. The Morgan fingerprint density at radius 3 is 2.09 bits per heavy atom. The second-order valence-electron chi connectivity index (χ2n) is 7.96. The lowest BCUT2D eigenvalue weighted by molar-refractivity contribution is 0.0739. The van der Waals surface area contributed by atoms with Gasteiger partial charge in [0, 0.05) is 55.5 Å². The molecule has 1 fully saturated rings. The van der Waals surface area contributed by atoms with Gasteiger partial charge in [0.15, 0.2) is 0 Å². The molecule has 5 rings (SSSR count). The highest BCUT2D eigenvalue weighted by Gasteiger charge is 2.27. The molecule has 1 aromatic heterocycles. The molecule has 0 atom stereocenters. The first-order valence-corrected chi connectivity index (χ1v) is 11.0. The molecule has 0 radical (unpaired) electrons. The Kier molecular flexibility index (Phi) is 5.60. The number of hydrogen-bond acceptors (Lipinski definition) is 5. The van der Waals surface area contributed by atoms with Gasteiger partial charge in [-0.15, -0.1) is 0 Å². The fourth-order valence-corrected chi connectivity index (χ4v) is 4.29. The first-order chi connectivity index (χ1) is 16.2. The van der Waals surface area contributed by atoms with E-state index in [0.29, 0.717) is 18.8 Å². The molecule has 3 aromatic carbocycles. The smallest absolute Gasteiger partial charge is 0.273 e. The van der Waals surface area contributed by atoms with Crippen molar-refractivity contribution in [3.63, 3.8) is 0 Å². The zero-order valence-corrected chi connectivity index (χ0v) is 18.8. The van der Waals surface area contributed by atoms with Gasteiger partial charge < -0.3 is 19.3 Å². The van der Waals surface area contributed by atoms with Crippen molar-refractivity contribution < 1.29 is 14.3 Å². The molecule has 1 saturated heterocycles. The normalized spacial score (nSPS) is 13.9. The number of benzene rings is 3. The van der Waals surface area contributed by atoms with E-state index in [0.717, 1.165) is 46.9 Å². The highest BCUT2D eigenvalue weighted by molar-refractivity contribution is 6.05. The molecule has 33 heavy (non-hydrogen) atoms. The minimum absolute atomic E-state index is 0.00424. The molecule has 7 nitrogen and oxygen atoms in total. The lowest BCUT2D eigenvalue weighted by atomic mass is 10.1. The highest BCUT2D eigenvalue weighted by atomic mass is 16.5. The summed E-state index contributed by atoms with van der Waals surface area (Å²) < 4.78 is 12.6. The van der Waals surface area contributed by atoms with Crippen molar-refractivity contribution in [2.24, 2.45) is 0 Å². The van der Waals surface area contributed by atoms with Crippen molar-refractivity contribution in [1.82, 2.24) is 14.7 Å². The molecule has 4 aromatic rings. The zero-order valence-electron chi connectivity index (χ0n) is 18.8. The molecule has 1 amide bonds. The second-order valence-corrected chi connectivity index (χ2v) is 7.96.